The highest BCUT2D eigenvalue weighted by molar-refractivity contribution is 5.79. The predicted molar refractivity (Wildman–Crippen MR) is 125 cm³/mol. The maximum atomic E-state index is 13.3. The van der Waals surface area contributed by atoms with Gasteiger partial charge in [0, 0.05) is 30.4 Å². The van der Waals surface area contributed by atoms with Crippen molar-refractivity contribution < 1.29 is 27.8 Å². The number of anilines is 1. The van der Waals surface area contributed by atoms with Crippen molar-refractivity contribution in [2.24, 2.45) is 5.92 Å². The fraction of sp³-hybridized carbons (Fsp3) is 0.480. The van der Waals surface area contributed by atoms with Crippen molar-refractivity contribution in [3.63, 3.8) is 0 Å². The van der Waals surface area contributed by atoms with Crippen LogP contribution in [0, 0.1) is 12.8 Å². The molecule has 0 spiro atoms. The van der Waals surface area contributed by atoms with E-state index in [0.717, 1.165) is 5.56 Å². The zero-order valence-electron chi connectivity index (χ0n) is 20.1. The fourth-order valence-corrected chi connectivity index (χ4v) is 4.48. The zero-order chi connectivity index (χ0) is 25.5. The lowest BCUT2D eigenvalue weighted by atomic mass is 9.95. The van der Waals surface area contributed by atoms with E-state index in [1.54, 1.807) is 43.2 Å². The average Bonchev–Trinajstić information content (AvgIpc) is 3.19. The van der Waals surface area contributed by atoms with Crippen molar-refractivity contribution in [2.75, 3.05) is 18.0 Å². The molecule has 1 N–H and O–H groups in total. The van der Waals surface area contributed by atoms with E-state index in [4.69, 9.17) is 9.84 Å². The number of hydrogen-bond acceptors (Lipinski definition) is 5. The maximum Gasteiger partial charge on any atom is 0.391 e. The minimum Gasteiger partial charge on any atom is -0.479 e. The number of alkyl halides is 3. The van der Waals surface area contributed by atoms with Crippen LogP contribution in [0.15, 0.2) is 36.4 Å². The molecular formula is C25H29F3N4O3. The van der Waals surface area contributed by atoms with Gasteiger partial charge in [-0.25, -0.2) is 9.78 Å². The summed E-state index contributed by atoms with van der Waals surface area (Å²) in [5.41, 5.74) is 1.90. The summed E-state index contributed by atoms with van der Waals surface area (Å²) in [5, 5.41) is 14.8. The van der Waals surface area contributed by atoms with Crippen molar-refractivity contribution in [3.05, 3.63) is 47.7 Å². The van der Waals surface area contributed by atoms with Gasteiger partial charge in [0.2, 0.25) is 0 Å². The van der Waals surface area contributed by atoms with Crippen LogP contribution in [0.2, 0.25) is 0 Å². The number of carboxylic acids is 1. The number of nitrogens with zero attached hydrogens (tertiary/aromatic N) is 4. The normalized spacial score (nSPS) is 16.6. The Morgan fingerprint density at radius 1 is 1.14 bits per heavy atom. The third kappa shape index (κ3) is 5.27. The molecule has 1 aliphatic heterocycles. The van der Waals surface area contributed by atoms with E-state index in [9.17, 15) is 23.1 Å². The van der Waals surface area contributed by atoms with Crippen LogP contribution in [0.25, 0.3) is 16.9 Å². The van der Waals surface area contributed by atoms with Gasteiger partial charge in [-0.1, -0.05) is 30.3 Å². The molecule has 10 heteroatoms. The van der Waals surface area contributed by atoms with Crippen LogP contribution < -0.4 is 4.90 Å². The van der Waals surface area contributed by atoms with Crippen molar-refractivity contribution in [3.8, 4) is 11.3 Å². The highest BCUT2D eigenvalue weighted by atomic mass is 19.4. The van der Waals surface area contributed by atoms with Gasteiger partial charge in [0.25, 0.3) is 0 Å². The topological polar surface area (TPSA) is 80.0 Å². The van der Waals surface area contributed by atoms with E-state index >= 15 is 0 Å². The summed E-state index contributed by atoms with van der Waals surface area (Å²) in [6.07, 6.45) is -5.80. The Morgan fingerprint density at radius 2 is 1.77 bits per heavy atom. The second kappa shape index (κ2) is 9.14. The Bertz CT molecular complexity index is 1210. The van der Waals surface area contributed by atoms with Crippen LogP contribution >= 0.6 is 0 Å². The SMILES string of the molecule is Cc1nc2cc(-c3ccccc3)nn2c(N2CCC(C(F)(F)F)CC2)c1C(OC(C)(C)C)C(=O)O. The van der Waals surface area contributed by atoms with Gasteiger partial charge in [-0.15, -0.1) is 0 Å². The maximum absolute atomic E-state index is 13.3. The van der Waals surface area contributed by atoms with Crippen molar-refractivity contribution in [1.82, 2.24) is 14.6 Å². The summed E-state index contributed by atoms with van der Waals surface area (Å²) in [6, 6.07) is 11.2. The Morgan fingerprint density at radius 3 is 2.31 bits per heavy atom. The van der Waals surface area contributed by atoms with Gasteiger partial charge in [0.1, 0.15) is 5.82 Å². The molecule has 188 valence electrons. The lowest BCUT2D eigenvalue weighted by molar-refractivity contribution is -0.179. The van der Waals surface area contributed by atoms with Crippen molar-refractivity contribution >= 4 is 17.4 Å². The highest BCUT2D eigenvalue weighted by Crippen LogP contribution is 2.39. The summed E-state index contributed by atoms with van der Waals surface area (Å²) in [5.74, 6) is -2.18. The molecule has 1 saturated heterocycles. The number of carbonyl (C=O) groups is 1. The fourth-order valence-electron chi connectivity index (χ4n) is 4.48. The molecule has 1 fully saturated rings. The average molecular weight is 491 g/mol. The standard InChI is InChI=1S/C25H29F3N4O3/c1-15-20(21(23(33)34)35-24(2,3)4)22(31-12-10-17(11-13-31)25(26,27)28)32-19(29-15)14-18(30-32)16-8-6-5-7-9-16/h5-9,14,17,21H,10-13H2,1-4H3,(H,33,34). The largest absolute Gasteiger partial charge is 0.479 e. The number of aryl methyl sites for hydroxylation is 1. The number of halogens is 3. The molecule has 0 radical (unpaired) electrons. The van der Waals surface area contributed by atoms with Crippen LogP contribution in [-0.2, 0) is 9.53 Å². The molecule has 3 aromatic rings. The number of piperidine rings is 1. The molecule has 4 rings (SSSR count). The number of rotatable bonds is 5. The summed E-state index contributed by atoms with van der Waals surface area (Å²) in [6.45, 7) is 7.16. The van der Waals surface area contributed by atoms with Gasteiger partial charge < -0.3 is 14.7 Å². The predicted octanol–water partition coefficient (Wildman–Crippen LogP) is 5.42. The molecule has 7 nitrogen and oxygen atoms in total. The van der Waals surface area contributed by atoms with Crippen molar-refractivity contribution in [1.29, 1.82) is 0 Å². The van der Waals surface area contributed by atoms with Gasteiger partial charge in [-0.2, -0.15) is 22.8 Å². The molecule has 1 aromatic carbocycles. The lowest BCUT2D eigenvalue weighted by Gasteiger charge is -2.36. The lowest BCUT2D eigenvalue weighted by Crippen LogP contribution is -2.41. The molecular weight excluding hydrogens is 461 g/mol. The molecule has 2 aromatic heterocycles. The van der Waals surface area contributed by atoms with Gasteiger partial charge in [-0.3, -0.25) is 0 Å². The first-order valence-electron chi connectivity index (χ1n) is 11.5. The van der Waals surface area contributed by atoms with Crippen molar-refractivity contribution in [2.45, 2.75) is 58.4 Å². The van der Waals surface area contributed by atoms with E-state index in [-0.39, 0.29) is 25.9 Å². The Hall–Kier alpha value is -3.14. The third-order valence-electron chi connectivity index (χ3n) is 6.09. The molecule has 1 atom stereocenters. The van der Waals surface area contributed by atoms with E-state index in [0.29, 0.717) is 28.4 Å². The van der Waals surface area contributed by atoms with Gasteiger partial charge in [-0.05, 0) is 40.5 Å². The van der Waals surface area contributed by atoms with Gasteiger partial charge in [0.15, 0.2) is 11.8 Å². The van der Waals surface area contributed by atoms with Gasteiger partial charge in [0.05, 0.1) is 22.8 Å². The van der Waals surface area contributed by atoms with E-state index in [1.165, 1.54) is 0 Å². The zero-order valence-corrected chi connectivity index (χ0v) is 20.1. The molecule has 1 unspecified atom stereocenters. The molecule has 3 heterocycles. The molecule has 0 aliphatic carbocycles. The first-order valence-corrected chi connectivity index (χ1v) is 11.5. The quantitative estimate of drug-likeness (QED) is 0.514. The first kappa shape index (κ1) is 25.0. The molecule has 0 bridgehead atoms. The van der Waals surface area contributed by atoms with Crippen LogP contribution in [-0.4, -0.2) is 50.5 Å². The number of fused-ring (bicyclic) bond motifs is 1. The number of carboxylic acid groups (broad SMARTS) is 1. The minimum absolute atomic E-state index is 0.0868. The Balaban J connectivity index is 1.89. The second-order valence-corrected chi connectivity index (χ2v) is 9.85. The Kier molecular flexibility index (Phi) is 6.52. The smallest absolute Gasteiger partial charge is 0.391 e. The molecule has 0 amide bonds. The number of aromatic nitrogens is 3. The van der Waals surface area contributed by atoms with Crippen LogP contribution in [0.4, 0.5) is 19.0 Å². The number of ether oxygens (including phenoxy) is 1. The van der Waals surface area contributed by atoms with Crippen LogP contribution in [0.1, 0.15) is 51.0 Å². The van der Waals surface area contributed by atoms with Crippen LogP contribution in [0.3, 0.4) is 0 Å². The summed E-state index contributed by atoms with van der Waals surface area (Å²) in [4.78, 5) is 18.8. The van der Waals surface area contributed by atoms with Crippen LogP contribution in [0.5, 0.6) is 0 Å². The van der Waals surface area contributed by atoms with E-state index in [1.807, 2.05) is 30.3 Å². The molecule has 35 heavy (non-hydrogen) atoms. The number of hydrogen-bond donors (Lipinski definition) is 1. The third-order valence-corrected chi connectivity index (χ3v) is 6.09. The molecule has 1 aliphatic rings. The van der Waals surface area contributed by atoms with E-state index < -0.39 is 29.8 Å². The monoisotopic (exact) mass is 490 g/mol. The minimum atomic E-state index is -4.26. The highest BCUT2D eigenvalue weighted by Gasteiger charge is 2.42. The molecule has 0 saturated carbocycles. The number of benzene rings is 1. The van der Waals surface area contributed by atoms with Gasteiger partial charge >= 0.3 is 12.1 Å². The Labute approximate surface area is 201 Å². The van der Waals surface area contributed by atoms with E-state index in [2.05, 4.69) is 4.98 Å². The first-order chi connectivity index (χ1) is 16.3. The summed E-state index contributed by atoms with van der Waals surface area (Å²) >= 11 is 0. The summed E-state index contributed by atoms with van der Waals surface area (Å²) < 4.78 is 47.5. The summed E-state index contributed by atoms with van der Waals surface area (Å²) in [7, 11) is 0. The number of aliphatic carboxylic acids is 1. The second-order valence-electron chi connectivity index (χ2n) is 9.85.